The lowest BCUT2D eigenvalue weighted by atomic mass is 10.2. The molecule has 8 heteroatoms. The number of halogens is 2. The van der Waals surface area contributed by atoms with E-state index < -0.39 is 9.05 Å². The van der Waals surface area contributed by atoms with Crippen molar-refractivity contribution in [3.05, 3.63) is 52.3 Å². The van der Waals surface area contributed by atoms with Gasteiger partial charge >= 0.3 is 0 Å². The number of anilines is 1. The molecule has 2 aromatic rings. The molecule has 0 unspecified atom stereocenters. The maximum Gasteiger partial charge on any atom is 0.261 e. The summed E-state index contributed by atoms with van der Waals surface area (Å²) >= 11 is 3.23. The fourth-order valence-electron chi connectivity index (χ4n) is 1.74. The fourth-order valence-corrected chi connectivity index (χ4v) is 3.30. The topological polar surface area (TPSA) is 76.1 Å². The van der Waals surface area contributed by atoms with Gasteiger partial charge in [-0.3, -0.25) is 9.78 Å². The van der Waals surface area contributed by atoms with E-state index in [2.05, 4.69) is 26.2 Å². The molecule has 0 spiro atoms. The summed E-state index contributed by atoms with van der Waals surface area (Å²) in [6.45, 7) is 1.60. The average molecular weight is 390 g/mol. The number of carbonyl (C=O) groups is 1. The van der Waals surface area contributed by atoms with Crippen molar-refractivity contribution in [3.8, 4) is 0 Å². The van der Waals surface area contributed by atoms with Gasteiger partial charge in [-0.25, -0.2) is 8.42 Å². The Morgan fingerprint density at radius 3 is 2.57 bits per heavy atom. The zero-order chi connectivity index (χ0) is 15.6. The molecule has 0 fully saturated rings. The zero-order valence-corrected chi connectivity index (χ0v) is 14.0. The molecule has 0 saturated heterocycles. The number of hydrogen-bond acceptors (Lipinski definition) is 4. The lowest BCUT2D eigenvalue weighted by molar-refractivity contribution is 0.102. The molecule has 0 aliphatic carbocycles. The first-order valence-electron chi connectivity index (χ1n) is 5.74. The van der Waals surface area contributed by atoms with Gasteiger partial charge in [0.05, 0.1) is 10.5 Å². The van der Waals surface area contributed by atoms with E-state index in [1.807, 2.05) is 0 Å². The van der Waals surface area contributed by atoms with E-state index in [4.69, 9.17) is 10.7 Å². The van der Waals surface area contributed by atoms with Gasteiger partial charge in [0.15, 0.2) is 0 Å². The van der Waals surface area contributed by atoms with Crippen LogP contribution in [0.4, 0.5) is 5.69 Å². The van der Waals surface area contributed by atoms with Crippen LogP contribution in [0.1, 0.15) is 15.9 Å². The smallest absolute Gasteiger partial charge is 0.261 e. The predicted octanol–water partition coefficient (Wildman–Crippen LogP) is 3.33. The third-order valence-electron chi connectivity index (χ3n) is 2.66. The SMILES string of the molecule is Cc1cc(NC(=O)c2cncc(Br)c2)ccc1S(=O)(=O)Cl. The van der Waals surface area contributed by atoms with Crippen molar-refractivity contribution in [1.29, 1.82) is 0 Å². The lowest BCUT2D eigenvalue weighted by Gasteiger charge is -2.08. The Morgan fingerprint density at radius 2 is 2.00 bits per heavy atom. The summed E-state index contributed by atoms with van der Waals surface area (Å²) in [6, 6.07) is 6.00. The summed E-state index contributed by atoms with van der Waals surface area (Å²) in [5.74, 6) is -0.343. The molecule has 5 nitrogen and oxygen atoms in total. The Morgan fingerprint density at radius 1 is 1.29 bits per heavy atom. The van der Waals surface area contributed by atoms with Crippen molar-refractivity contribution in [2.75, 3.05) is 5.32 Å². The van der Waals surface area contributed by atoms with Crippen molar-refractivity contribution in [2.45, 2.75) is 11.8 Å². The number of aromatic nitrogens is 1. The number of nitrogens with zero attached hydrogens (tertiary/aromatic N) is 1. The zero-order valence-electron chi connectivity index (χ0n) is 10.8. The van der Waals surface area contributed by atoms with Crippen LogP contribution in [0, 0.1) is 6.92 Å². The van der Waals surface area contributed by atoms with Gasteiger partial charge in [0.1, 0.15) is 0 Å². The molecule has 1 heterocycles. The molecule has 0 saturated carbocycles. The van der Waals surface area contributed by atoms with Crippen LogP contribution in [0.5, 0.6) is 0 Å². The predicted molar refractivity (Wildman–Crippen MR) is 84.1 cm³/mol. The van der Waals surface area contributed by atoms with Crippen molar-refractivity contribution < 1.29 is 13.2 Å². The number of rotatable bonds is 3. The minimum atomic E-state index is -3.79. The standard InChI is InChI=1S/C13H10BrClN2O3S/c1-8-4-11(2-3-12(8)21(15,19)20)17-13(18)9-5-10(14)7-16-6-9/h2-7H,1H3,(H,17,18). The Kier molecular flexibility index (Phi) is 4.65. The normalized spacial score (nSPS) is 11.2. The highest BCUT2D eigenvalue weighted by atomic mass is 79.9. The molecular weight excluding hydrogens is 380 g/mol. The van der Waals surface area contributed by atoms with Gasteiger partial charge in [-0.15, -0.1) is 0 Å². The summed E-state index contributed by atoms with van der Waals surface area (Å²) in [4.78, 5) is 16.0. The highest BCUT2D eigenvalue weighted by molar-refractivity contribution is 9.10. The first kappa shape index (κ1) is 15.9. The first-order valence-corrected chi connectivity index (χ1v) is 8.85. The number of amides is 1. The molecule has 1 aromatic carbocycles. The van der Waals surface area contributed by atoms with Crippen molar-refractivity contribution >= 4 is 47.3 Å². The summed E-state index contributed by atoms with van der Waals surface area (Å²) in [5, 5.41) is 2.67. The first-order chi connectivity index (χ1) is 9.77. The maximum absolute atomic E-state index is 12.0. The molecule has 0 bridgehead atoms. The van der Waals surface area contributed by atoms with Gasteiger partial charge in [0.25, 0.3) is 15.0 Å². The number of hydrogen-bond donors (Lipinski definition) is 1. The number of nitrogens with one attached hydrogen (secondary N) is 1. The van der Waals surface area contributed by atoms with Gasteiger partial charge in [-0.2, -0.15) is 0 Å². The molecule has 0 radical (unpaired) electrons. The number of carbonyl (C=O) groups excluding carboxylic acids is 1. The molecule has 1 amide bonds. The highest BCUT2D eigenvalue weighted by Crippen LogP contribution is 2.23. The largest absolute Gasteiger partial charge is 0.322 e. The Bertz CT molecular complexity index is 809. The second-order valence-corrected chi connectivity index (χ2v) is 7.71. The van der Waals surface area contributed by atoms with E-state index in [9.17, 15) is 13.2 Å². The minimum Gasteiger partial charge on any atom is -0.322 e. The van der Waals surface area contributed by atoms with Gasteiger partial charge < -0.3 is 5.32 Å². The van der Waals surface area contributed by atoms with Crippen LogP contribution < -0.4 is 5.32 Å². The van der Waals surface area contributed by atoms with Gasteiger partial charge in [0.2, 0.25) is 0 Å². The monoisotopic (exact) mass is 388 g/mol. The van der Waals surface area contributed by atoms with E-state index in [0.29, 0.717) is 21.3 Å². The van der Waals surface area contributed by atoms with Crippen LogP contribution in [0.25, 0.3) is 0 Å². The molecule has 21 heavy (non-hydrogen) atoms. The number of pyridine rings is 1. The van der Waals surface area contributed by atoms with Crippen molar-refractivity contribution in [3.63, 3.8) is 0 Å². The third kappa shape index (κ3) is 4.03. The summed E-state index contributed by atoms with van der Waals surface area (Å²) in [6.07, 6.45) is 3.01. The Labute approximate surface area is 134 Å². The summed E-state index contributed by atoms with van der Waals surface area (Å²) in [7, 11) is 1.51. The van der Waals surface area contributed by atoms with Crippen molar-refractivity contribution in [2.24, 2.45) is 0 Å². The lowest BCUT2D eigenvalue weighted by Crippen LogP contribution is -2.12. The molecule has 0 aliphatic heterocycles. The average Bonchev–Trinajstić information content (AvgIpc) is 2.37. The van der Waals surface area contributed by atoms with Gasteiger partial charge in [-0.05, 0) is 52.7 Å². The van der Waals surface area contributed by atoms with E-state index in [-0.39, 0.29) is 10.8 Å². The third-order valence-corrected chi connectivity index (χ3v) is 4.58. The molecular formula is C13H10BrClN2O3S. The molecule has 0 aliphatic rings. The van der Waals surface area contributed by atoms with E-state index in [0.717, 1.165) is 0 Å². The molecule has 0 atom stereocenters. The van der Waals surface area contributed by atoms with Crippen LogP contribution >= 0.6 is 26.6 Å². The van der Waals surface area contributed by atoms with Crippen molar-refractivity contribution in [1.82, 2.24) is 4.98 Å². The molecule has 1 aromatic heterocycles. The summed E-state index contributed by atoms with van der Waals surface area (Å²) < 4.78 is 23.3. The van der Waals surface area contributed by atoms with Gasteiger partial charge in [0, 0.05) is 33.2 Å². The van der Waals surface area contributed by atoms with Crippen LogP contribution in [0.3, 0.4) is 0 Å². The highest BCUT2D eigenvalue weighted by Gasteiger charge is 2.14. The molecule has 110 valence electrons. The quantitative estimate of drug-likeness (QED) is 0.817. The van der Waals surface area contributed by atoms with E-state index in [1.54, 1.807) is 25.3 Å². The molecule has 1 N–H and O–H groups in total. The second kappa shape index (κ2) is 6.13. The Balaban J connectivity index is 2.25. The van der Waals surface area contributed by atoms with E-state index >= 15 is 0 Å². The van der Waals surface area contributed by atoms with Gasteiger partial charge in [-0.1, -0.05) is 0 Å². The van der Waals surface area contributed by atoms with E-state index in [1.165, 1.54) is 18.3 Å². The maximum atomic E-state index is 12.0. The van der Waals surface area contributed by atoms with Crippen LogP contribution in [0.15, 0.2) is 46.0 Å². The van der Waals surface area contributed by atoms with Crippen LogP contribution in [0.2, 0.25) is 0 Å². The fraction of sp³-hybridized carbons (Fsp3) is 0.0769. The molecule has 2 rings (SSSR count). The van der Waals surface area contributed by atoms with Crippen LogP contribution in [-0.2, 0) is 9.05 Å². The summed E-state index contributed by atoms with van der Waals surface area (Å²) in [5.41, 5.74) is 1.31. The Hall–Kier alpha value is -1.44. The van der Waals surface area contributed by atoms with Crippen LogP contribution in [-0.4, -0.2) is 19.3 Å². The number of benzene rings is 1. The number of aryl methyl sites for hydroxylation is 1. The second-order valence-electron chi connectivity index (χ2n) is 4.26. The minimum absolute atomic E-state index is 0.0197.